The number of nitrogens with one attached hydrogen (secondary N) is 2. The number of esters is 1. The zero-order valence-corrected chi connectivity index (χ0v) is 16.1. The Hall–Kier alpha value is -3.38. The molecule has 0 radical (unpaired) electrons. The molecule has 2 N–H and O–H groups in total. The number of halogens is 1. The van der Waals surface area contributed by atoms with Crippen LogP contribution in [0.25, 0.3) is 0 Å². The minimum Gasteiger partial charge on any atom is -0.465 e. The van der Waals surface area contributed by atoms with Crippen LogP contribution in [-0.4, -0.2) is 24.0 Å². The van der Waals surface area contributed by atoms with E-state index in [1.807, 2.05) is 13.0 Å². The number of hydrogen-bond acceptors (Lipinski definition) is 5. The first-order chi connectivity index (χ1) is 13.5. The molecule has 3 aromatic rings. The highest BCUT2D eigenvalue weighted by atomic mass is 35.5. The second-order valence-corrected chi connectivity index (χ2v) is 6.45. The lowest BCUT2D eigenvalue weighted by Gasteiger charge is -2.09. The third-order valence-corrected chi connectivity index (χ3v) is 4.43. The third-order valence-electron chi connectivity index (χ3n) is 4.02. The molecule has 0 atom stereocenters. The van der Waals surface area contributed by atoms with Gasteiger partial charge >= 0.3 is 5.97 Å². The zero-order chi connectivity index (χ0) is 20.1. The van der Waals surface area contributed by atoms with Crippen LogP contribution in [0.3, 0.4) is 0 Å². The standard InChI is InChI=1S/C21H18ClN3O3/c1-13-3-6-16(11-18(13)22)25-20(26)19-10-9-17(12-23-19)24-15-7-4-14(5-8-15)21(27)28-2/h3-12,24H,1-2H3,(H,25,26). The van der Waals surface area contributed by atoms with Gasteiger partial charge in [-0.05, 0) is 61.0 Å². The smallest absolute Gasteiger partial charge is 0.337 e. The molecule has 0 saturated carbocycles. The van der Waals surface area contributed by atoms with Crippen molar-refractivity contribution in [1.29, 1.82) is 0 Å². The number of carbonyl (C=O) groups excluding carboxylic acids is 2. The molecular weight excluding hydrogens is 378 g/mol. The van der Waals surface area contributed by atoms with Crippen molar-refractivity contribution >= 4 is 40.5 Å². The second-order valence-electron chi connectivity index (χ2n) is 6.04. The molecule has 0 saturated heterocycles. The number of carbonyl (C=O) groups is 2. The van der Waals surface area contributed by atoms with E-state index in [-0.39, 0.29) is 11.6 Å². The molecule has 1 aromatic heterocycles. The molecule has 3 rings (SSSR count). The van der Waals surface area contributed by atoms with Gasteiger partial charge in [0.25, 0.3) is 5.91 Å². The summed E-state index contributed by atoms with van der Waals surface area (Å²) in [6.45, 7) is 1.89. The van der Waals surface area contributed by atoms with Gasteiger partial charge in [0, 0.05) is 16.4 Å². The first-order valence-corrected chi connectivity index (χ1v) is 8.83. The maximum atomic E-state index is 12.3. The number of aromatic nitrogens is 1. The van der Waals surface area contributed by atoms with Gasteiger partial charge in [0.2, 0.25) is 0 Å². The number of pyridine rings is 1. The second kappa shape index (κ2) is 8.54. The van der Waals surface area contributed by atoms with Gasteiger partial charge in [-0.3, -0.25) is 4.79 Å². The normalized spacial score (nSPS) is 10.2. The first kappa shape index (κ1) is 19.4. The molecule has 1 heterocycles. The largest absolute Gasteiger partial charge is 0.465 e. The van der Waals surface area contributed by atoms with Crippen molar-refractivity contribution in [3.8, 4) is 0 Å². The van der Waals surface area contributed by atoms with Crippen LogP contribution in [0.1, 0.15) is 26.4 Å². The SMILES string of the molecule is COC(=O)c1ccc(Nc2ccc(C(=O)Nc3ccc(C)c(Cl)c3)nc2)cc1. The van der Waals surface area contributed by atoms with Crippen LogP contribution in [0.4, 0.5) is 17.1 Å². The molecule has 0 bridgehead atoms. The minimum atomic E-state index is -0.390. The van der Waals surface area contributed by atoms with E-state index in [1.165, 1.54) is 7.11 Å². The van der Waals surface area contributed by atoms with Crippen molar-refractivity contribution in [2.75, 3.05) is 17.7 Å². The predicted octanol–water partition coefficient (Wildman–Crippen LogP) is 4.83. The van der Waals surface area contributed by atoms with Gasteiger partial charge in [-0.2, -0.15) is 0 Å². The number of amides is 1. The van der Waals surface area contributed by atoms with E-state index in [2.05, 4.69) is 20.4 Å². The third kappa shape index (κ3) is 4.66. The Morgan fingerprint density at radius 1 is 0.964 bits per heavy atom. The Kier molecular flexibility index (Phi) is 5.91. The number of benzene rings is 2. The fraction of sp³-hybridized carbons (Fsp3) is 0.0952. The number of ether oxygens (including phenoxy) is 1. The molecule has 0 aliphatic rings. The van der Waals surface area contributed by atoms with Gasteiger partial charge in [0.05, 0.1) is 24.6 Å². The molecule has 0 unspecified atom stereocenters. The summed E-state index contributed by atoms with van der Waals surface area (Å²) in [5, 5.41) is 6.51. The number of methoxy groups -OCH3 is 1. The highest BCUT2D eigenvalue weighted by Gasteiger charge is 2.09. The molecule has 7 heteroatoms. The summed E-state index contributed by atoms with van der Waals surface area (Å²) in [5.74, 6) is -0.715. The zero-order valence-electron chi connectivity index (χ0n) is 15.3. The fourth-order valence-electron chi connectivity index (χ4n) is 2.44. The molecule has 0 fully saturated rings. The summed E-state index contributed by atoms with van der Waals surface area (Å²) >= 11 is 6.08. The summed E-state index contributed by atoms with van der Waals surface area (Å²) in [7, 11) is 1.34. The number of aryl methyl sites for hydroxylation is 1. The van der Waals surface area contributed by atoms with Gasteiger partial charge in [0.1, 0.15) is 5.69 Å². The van der Waals surface area contributed by atoms with Crippen LogP contribution >= 0.6 is 11.6 Å². The van der Waals surface area contributed by atoms with E-state index in [0.29, 0.717) is 22.0 Å². The lowest BCUT2D eigenvalue weighted by molar-refractivity contribution is 0.0600. The van der Waals surface area contributed by atoms with E-state index in [9.17, 15) is 9.59 Å². The molecule has 0 aliphatic heterocycles. The quantitative estimate of drug-likeness (QED) is 0.605. The molecule has 6 nitrogen and oxygen atoms in total. The van der Waals surface area contributed by atoms with Crippen LogP contribution in [-0.2, 0) is 4.74 Å². The maximum Gasteiger partial charge on any atom is 0.337 e. The summed E-state index contributed by atoms with van der Waals surface area (Å²) in [6.07, 6.45) is 1.56. The highest BCUT2D eigenvalue weighted by molar-refractivity contribution is 6.31. The Morgan fingerprint density at radius 2 is 1.64 bits per heavy atom. The lowest BCUT2D eigenvalue weighted by Crippen LogP contribution is -2.13. The van der Waals surface area contributed by atoms with Crippen LogP contribution in [0.5, 0.6) is 0 Å². The van der Waals surface area contributed by atoms with E-state index >= 15 is 0 Å². The van der Waals surface area contributed by atoms with Crippen molar-refractivity contribution in [2.24, 2.45) is 0 Å². The lowest BCUT2D eigenvalue weighted by atomic mass is 10.2. The van der Waals surface area contributed by atoms with E-state index in [4.69, 9.17) is 11.6 Å². The van der Waals surface area contributed by atoms with Gasteiger partial charge in [-0.15, -0.1) is 0 Å². The Morgan fingerprint density at radius 3 is 2.25 bits per heavy atom. The highest BCUT2D eigenvalue weighted by Crippen LogP contribution is 2.21. The monoisotopic (exact) mass is 395 g/mol. The molecule has 142 valence electrons. The van der Waals surface area contributed by atoms with Gasteiger partial charge in [-0.1, -0.05) is 17.7 Å². The maximum absolute atomic E-state index is 12.3. The molecular formula is C21H18ClN3O3. The molecule has 2 aromatic carbocycles. The van der Waals surface area contributed by atoms with Crippen LogP contribution in [0.15, 0.2) is 60.8 Å². The van der Waals surface area contributed by atoms with E-state index in [0.717, 1.165) is 11.3 Å². The van der Waals surface area contributed by atoms with Crippen LogP contribution in [0.2, 0.25) is 5.02 Å². The topological polar surface area (TPSA) is 80.3 Å². The predicted molar refractivity (Wildman–Crippen MR) is 109 cm³/mol. The summed E-state index contributed by atoms with van der Waals surface area (Å²) < 4.78 is 4.67. The van der Waals surface area contributed by atoms with E-state index < -0.39 is 5.97 Å². The average molecular weight is 396 g/mol. The van der Waals surface area contributed by atoms with Crippen molar-refractivity contribution < 1.29 is 14.3 Å². The summed E-state index contributed by atoms with van der Waals surface area (Å²) in [4.78, 5) is 28.0. The van der Waals surface area contributed by atoms with Crippen LogP contribution < -0.4 is 10.6 Å². The molecule has 0 spiro atoms. The van der Waals surface area contributed by atoms with Crippen molar-refractivity contribution in [2.45, 2.75) is 6.92 Å². The van der Waals surface area contributed by atoms with Crippen molar-refractivity contribution in [3.63, 3.8) is 0 Å². The number of nitrogens with zero attached hydrogens (tertiary/aromatic N) is 1. The number of anilines is 3. The number of rotatable bonds is 5. The van der Waals surface area contributed by atoms with Gasteiger partial charge in [0.15, 0.2) is 0 Å². The van der Waals surface area contributed by atoms with Crippen LogP contribution in [0, 0.1) is 6.92 Å². The molecule has 1 amide bonds. The molecule has 28 heavy (non-hydrogen) atoms. The Labute approximate surface area is 167 Å². The van der Waals surface area contributed by atoms with Gasteiger partial charge < -0.3 is 15.4 Å². The number of hydrogen-bond donors (Lipinski definition) is 2. The van der Waals surface area contributed by atoms with Crippen molar-refractivity contribution in [1.82, 2.24) is 4.98 Å². The Balaban J connectivity index is 1.64. The van der Waals surface area contributed by atoms with Crippen molar-refractivity contribution in [3.05, 3.63) is 82.6 Å². The first-order valence-electron chi connectivity index (χ1n) is 8.45. The van der Waals surface area contributed by atoms with E-state index in [1.54, 1.807) is 54.7 Å². The Bertz CT molecular complexity index is 1000. The minimum absolute atomic E-state index is 0.281. The molecule has 0 aliphatic carbocycles. The average Bonchev–Trinajstić information content (AvgIpc) is 2.71. The summed E-state index contributed by atoms with van der Waals surface area (Å²) in [6, 6.07) is 15.5. The van der Waals surface area contributed by atoms with Gasteiger partial charge in [-0.25, -0.2) is 9.78 Å². The fourth-order valence-corrected chi connectivity index (χ4v) is 2.62. The summed E-state index contributed by atoms with van der Waals surface area (Å²) in [5.41, 5.74) is 3.78.